The highest BCUT2D eigenvalue weighted by molar-refractivity contribution is 5.66. The minimum Gasteiger partial charge on any atom is -0.392 e. The van der Waals surface area contributed by atoms with Crippen molar-refractivity contribution in [2.75, 3.05) is 27.2 Å². The highest BCUT2D eigenvalue weighted by Crippen LogP contribution is 2.29. The quantitative estimate of drug-likeness (QED) is 0.263. The van der Waals surface area contributed by atoms with Crippen molar-refractivity contribution < 1.29 is 5.11 Å². The highest BCUT2D eigenvalue weighted by Gasteiger charge is 2.26. The van der Waals surface area contributed by atoms with Crippen molar-refractivity contribution in [1.29, 1.82) is 0 Å². The fourth-order valence-corrected chi connectivity index (χ4v) is 5.70. The number of aryl methyl sites for hydroxylation is 4. The van der Waals surface area contributed by atoms with Crippen molar-refractivity contribution in [3.05, 3.63) is 100 Å². The molecule has 0 aromatic carbocycles. The lowest BCUT2D eigenvalue weighted by Crippen LogP contribution is -2.39. The minimum atomic E-state index is -0.0302. The lowest BCUT2D eigenvalue weighted by molar-refractivity contribution is 0.0634. The Hall–Kier alpha value is -3.59. The Morgan fingerprint density at radius 3 is 2.36 bits per heavy atom. The molecule has 4 rings (SSSR count). The van der Waals surface area contributed by atoms with Crippen LogP contribution in [0.1, 0.15) is 67.0 Å². The van der Waals surface area contributed by atoms with Crippen molar-refractivity contribution in [2.24, 2.45) is 0 Å². The van der Waals surface area contributed by atoms with Crippen molar-refractivity contribution in [3.8, 4) is 0 Å². The molecule has 0 saturated heterocycles. The third-order valence-corrected chi connectivity index (χ3v) is 7.58. The largest absolute Gasteiger partial charge is 0.392 e. The molecular formula is C34H47N7O. The fraction of sp³-hybridized carbons (Fsp3) is 0.441. The second-order valence-electron chi connectivity index (χ2n) is 11.4. The number of pyridine rings is 3. The first-order valence-corrected chi connectivity index (χ1v) is 15.1. The van der Waals surface area contributed by atoms with E-state index in [1.165, 1.54) is 11.3 Å². The Balaban J connectivity index is 1.53. The maximum absolute atomic E-state index is 10.5. The first-order chi connectivity index (χ1) is 20.3. The van der Waals surface area contributed by atoms with Gasteiger partial charge in [-0.25, -0.2) is 5.01 Å². The number of hydrogen-bond acceptors (Lipinski definition) is 8. The van der Waals surface area contributed by atoms with Gasteiger partial charge in [0.1, 0.15) is 0 Å². The van der Waals surface area contributed by atoms with E-state index in [1.54, 1.807) is 0 Å². The predicted octanol–water partition coefficient (Wildman–Crippen LogP) is 4.40. The summed E-state index contributed by atoms with van der Waals surface area (Å²) in [5, 5.41) is 21.8. The van der Waals surface area contributed by atoms with Crippen LogP contribution in [0.3, 0.4) is 0 Å². The molecule has 8 heteroatoms. The van der Waals surface area contributed by atoms with Crippen molar-refractivity contribution in [2.45, 2.75) is 72.1 Å². The van der Waals surface area contributed by atoms with Crippen LogP contribution in [0, 0.1) is 0 Å². The summed E-state index contributed by atoms with van der Waals surface area (Å²) in [7, 11) is 4.06. The maximum atomic E-state index is 10.5. The molecule has 3 N–H and O–H groups in total. The number of nitrogens with one attached hydrogen (secondary N) is 2. The molecule has 0 radical (unpaired) electrons. The van der Waals surface area contributed by atoms with Gasteiger partial charge in [0, 0.05) is 62.1 Å². The third kappa shape index (κ3) is 7.62. The Bertz CT molecular complexity index is 1380. The van der Waals surface area contributed by atoms with Gasteiger partial charge in [0.25, 0.3) is 0 Å². The zero-order valence-corrected chi connectivity index (χ0v) is 26.1. The lowest BCUT2D eigenvalue weighted by atomic mass is 9.95. The zero-order chi connectivity index (χ0) is 30.1. The molecule has 42 heavy (non-hydrogen) atoms. The van der Waals surface area contributed by atoms with Gasteiger partial charge in [-0.15, -0.1) is 0 Å². The van der Waals surface area contributed by atoms with Crippen LogP contribution < -0.4 is 10.6 Å². The van der Waals surface area contributed by atoms with Gasteiger partial charge in [0.2, 0.25) is 0 Å². The average molecular weight is 570 g/mol. The normalized spacial score (nSPS) is 14.3. The molecule has 4 heterocycles. The predicted molar refractivity (Wildman–Crippen MR) is 171 cm³/mol. The summed E-state index contributed by atoms with van der Waals surface area (Å²) in [4.78, 5) is 14.3. The Morgan fingerprint density at radius 1 is 0.929 bits per heavy atom. The zero-order valence-electron chi connectivity index (χ0n) is 26.1. The van der Waals surface area contributed by atoms with E-state index in [4.69, 9.17) is 15.0 Å². The summed E-state index contributed by atoms with van der Waals surface area (Å²) in [6.07, 6.45) is 13.2. The Labute approximate surface area is 251 Å². The minimum absolute atomic E-state index is 0.0302. The van der Waals surface area contributed by atoms with E-state index >= 15 is 0 Å². The topological polar surface area (TPSA) is 89.4 Å². The first-order valence-electron chi connectivity index (χ1n) is 15.1. The van der Waals surface area contributed by atoms with E-state index in [1.807, 2.05) is 37.8 Å². The molecule has 0 unspecified atom stereocenters. The summed E-state index contributed by atoms with van der Waals surface area (Å²) in [6.45, 7) is 10.3. The third-order valence-electron chi connectivity index (χ3n) is 7.58. The van der Waals surface area contributed by atoms with E-state index in [0.29, 0.717) is 12.1 Å². The summed E-state index contributed by atoms with van der Waals surface area (Å²) >= 11 is 0. The molecule has 0 bridgehead atoms. The molecule has 224 valence electrons. The number of nitrogens with zero attached hydrogens (tertiary/aromatic N) is 5. The second-order valence-corrected chi connectivity index (χ2v) is 11.4. The van der Waals surface area contributed by atoms with Crippen LogP contribution in [0.15, 0.2) is 61.1 Å². The molecule has 0 spiro atoms. The SMILES string of the molecule is CNC/C=C(\NC(C)C)c1ncccc1CCc1nccc(CCc2cccnc2C2=CCN(C)N2C(C)C)c1CO. The molecule has 1 aliphatic heterocycles. The number of aliphatic hydroxyl groups excluding tert-OH is 1. The smallest absolute Gasteiger partial charge is 0.0906 e. The number of hydrazine groups is 1. The number of aliphatic hydroxyl groups is 1. The Morgan fingerprint density at radius 2 is 1.64 bits per heavy atom. The van der Waals surface area contributed by atoms with Crippen LogP contribution in [0.25, 0.3) is 11.4 Å². The second kappa shape index (κ2) is 15.0. The molecule has 3 aromatic rings. The van der Waals surface area contributed by atoms with Gasteiger partial charge in [-0.05, 0) is 107 Å². The maximum Gasteiger partial charge on any atom is 0.0906 e. The monoisotopic (exact) mass is 569 g/mol. The van der Waals surface area contributed by atoms with Crippen LogP contribution in [0.5, 0.6) is 0 Å². The van der Waals surface area contributed by atoms with E-state index in [9.17, 15) is 5.11 Å². The standard InChI is InChI=1S/C34H47N7O/c1-24(2)39-31(16-20-35-5)33-27(9-7-18-37-33)13-14-30-29(23-42)26(15-21-36-30)11-12-28-10-8-19-38-34(28)32-17-22-40(6)41(32)25(3)4/h7-10,15-19,21,24-25,35,39,42H,11-14,20,22-23H2,1-6H3/b31-16-. The van der Waals surface area contributed by atoms with E-state index < -0.39 is 0 Å². The van der Waals surface area contributed by atoms with Gasteiger partial charge in [-0.2, -0.15) is 0 Å². The van der Waals surface area contributed by atoms with Gasteiger partial charge < -0.3 is 20.7 Å². The van der Waals surface area contributed by atoms with E-state index in [-0.39, 0.29) is 6.61 Å². The van der Waals surface area contributed by atoms with Gasteiger partial charge in [-0.3, -0.25) is 15.0 Å². The number of likely N-dealkylation sites (N-methyl/N-ethyl adjacent to an activating group) is 2. The van der Waals surface area contributed by atoms with Gasteiger partial charge in [0.05, 0.1) is 29.4 Å². The van der Waals surface area contributed by atoms with Gasteiger partial charge in [-0.1, -0.05) is 12.1 Å². The molecule has 0 fully saturated rings. The molecular weight excluding hydrogens is 522 g/mol. The van der Waals surface area contributed by atoms with Crippen molar-refractivity contribution in [3.63, 3.8) is 0 Å². The van der Waals surface area contributed by atoms with Crippen LogP contribution in [0.2, 0.25) is 0 Å². The summed E-state index contributed by atoms with van der Waals surface area (Å²) < 4.78 is 0. The molecule has 3 aromatic heterocycles. The molecule has 0 aliphatic carbocycles. The van der Waals surface area contributed by atoms with Crippen LogP contribution in [-0.4, -0.2) is 69.3 Å². The van der Waals surface area contributed by atoms with Crippen molar-refractivity contribution >= 4 is 11.4 Å². The van der Waals surface area contributed by atoms with Crippen LogP contribution >= 0.6 is 0 Å². The number of aromatic nitrogens is 3. The molecule has 8 nitrogen and oxygen atoms in total. The van der Waals surface area contributed by atoms with Gasteiger partial charge >= 0.3 is 0 Å². The number of rotatable bonds is 14. The van der Waals surface area contributed by atoms with Crippen LogP contribution in [-0.2, 0) is 32.3 Å². The fourth-order valence-electron chi connectivity index (χ4n) is 5.70. The average Bonchev–Trinajstić information content (AvgIpc) is 3.38. The van der Waals surface area contributed by atoms with Crippen molar-refractivity contribution in [1.82, 2.24) is 35.6 Å². The first kappa shape index (κ1) is 31.3. The summed E-state index contributed by atoms with van der Waals surface area (Å²) in [6, 6.07) is 11.0. The van der Waals surface area contributed by atoms with E-state index in [2.05, 4.69) is 85.7 Å². The van der Waals surface area contributed by atoms with Crippen LogP contribution in [0.4, 0.5) is 0 Å². The summed E-state index contributed by atoms with van der Waals surface area (Å²) in [5.41, 5.74) is 9.60. The van der Waals surface area contributed by atoms with E-state index in [0.717, 1.165) is 78.2 Å². The molecule has 0 amide bonds. The summed E-state index contributed by atoms with van der Waals surface area (Å²) in [5.74, 6) is 0. The molecule has 0 saturated carbocycles. The lowest BCUT2D eigenvalue weighted by Gasteiger charge is -2.33. The molecule has 0 atom stereocenters. The molecule has 1 aliphatic rings. The highest BCUT2D eigenvalue weighted by atomic mass is 16.3. The Kier molecular flexibility index (Phi) is 11.2. The number of hydrogen-bond donors (Lipinski definition) is 3. The van der Waals surface area contributed by atoms with Gasteiger partial charge in [0.15, 0.2) is 0 Å².